The number of nitrogen functional groups attached to an aromatic ring is 1. The standard InChI is InChI=1S/C8H14N4O2/c1-3-4-6(2)11-8(9)7(5-10-11)12(13)14/h5-6H,3-4,9H2,1-2H3. The van der Waals surface area contributed by atoms with Crippen LogP contribution >= 0.6 is 0 Å². The highest BCUT2D eigenvalue weighted by Gasteiger charge is 2.19. The van der Waals surface area contributed by atoms with Crippen molar-refractivity contribution in [1.82, 2.24) is 9.78 Å². The van der Waals surface area contributed by atoms with Gasteiger partial charge >= 0.3 is 5.69 Å². The summed E-state index contributed by atoms with van der Waals surface area (Å²) in [7, 11) is 0. The minimum atomic E-state index is -0.516. The van der Waals surface area contributed by atoms with E-state index in [-0.39, 0.29) is 17.5 Å². The molecular formula is C8H14N4O2. The Balaban J connectivity index is 2.94. The Kier molecular flexibility index (Phi) is 3.06. The van der Waals surface area contributed by atoms with Gasteiger partial charge in [0.15, 0.2) is 0 Å². The molecule has 0 aliphatic rings. The molecule has 0 aromatic carbocycles. The molecule has 78 valence electrons. The zero-order chi connectivity index (χ0) is 10.7. The summed E-state index contributed by atoms with van der Waals surface area (Å²) in [5.41, 5.74) is 5.48. The van der Waals surface area contributed by atoms with E-state index in [4.69, 9.17) is 5.73 Å². The molecule has 14 heavy (non-hydrogen) atoms. The van der Waals surface area contributed by atoms with Crippen molar-refractivity contribution in [3.8, 4) is 0 Å². The molecule has 1 unspecified atom stereocenters. The molecule has 2 N–H and O–H groups in total. The molecule has 0 fully saturated rings. The second-order valence-corrected chi connectivity index (χ2v) is 3.25. The molecule has 1 aromatic heterocycles. The average Bonchev–Trinajstić information content (AvgIpc) is 2.47. The highest BCUT2D eigenvalue weighted by atomic mass is 16.6. The maximum Gasteiger partial charge on any atom is 0.330 e. The first-order chi connectivity index (χ1) is 6.57. The van der Waals surface area contributed by atoms with Crippen molar-refractivity contribution < 1.29 is 4.92 Å². The van der Waals surface area contributed by atoms with Crippen molar-refractivity contribution in [2.75, 3.05) is 5.73 Å². The lowest BCUT2D eigenvalue weighted by molar-refractivity contribution is -0.384. The van der Waals surface area contributed by atoms with E-state index in [1.807, 2.05) is 13.8 Å². The van der Waals surface area contributed by atoms with Gasteiger partial charge in [-0.3, -0.25) is 10.1 Å². The highest BCUT2D eigenvalue weighted by molar-refractivity contribution is 5.51. The summed E-state index contributed by atoms with van der Waals surface area (Å²) in [6.45, 7) is 3.99. The SMILES string of the molecule is CCCC(C)n1ncc([N+](=O)[O-])c1N. The molecule has 0 spiro atoms. The number of anilines is 1. The molecule has 1 rings (SSSR count). The Morgan fingerprint density at radius 1 is 1.79 bits per heavy atom. The normalized spacial score (nSPS) is 12.7. The van der Waals surface area contributed by atoms with Crippen molar-refractivity contribution in [2.24, 2.45) is 0 Å². The molecule has 0 bridgehead atoms. The first kappa shape index (κ1) is 10.5. The summed E-state index contributed by atoms with van der Waals surface area (Å²) >= 11 is 0. The molecule has 0 saturated carbocycles. The van der Waals surface area contributed by atoms with Crippen molar-refractivity contribution in [3.05, 3.63) is 16.3 Å². The fraction of sp³-hybridized carbons (Fsp3) is 0.625. The number of hydrogen-bond acceptors (Lipinski definition) is 4. The molecule has 1 heterocycles. The van der Waals surface area contributed by atoms with E-state index in [1.165, 1.54) is 10.9 Å². The topological polar surface area (TPSA) is 87.0 Å². The van der Waals surface area contributed by atoms with Gasteiger partial charge in [-0.2, -0.15) is 5.10 Å². The third-order valence-electron chi connectivity index (χ3n) is 2.13. The summed E-state index contributed by atoms with van der Waals surface area (Å²) < 4.78 is 1.50. The van der Waals surface area contributed by atoms with E-state index in [0.29, 0.717) is 0 Å². The van der Waals surface area contributed by atoms with Crippen molar-refractivity contribution in [3.63, 3.8) is 0 Å². The van der Waals surface area contributed by atoms with Crippen LogP contribution in [0.15, 0.2) is 6.20 Å². The maximum absolute atomic E-state index is 10.5. The minimum absolute atomic E-state index is 0.105. The number of aromatic nitrogens is 2. The van der Waals surface area contributed by atoms with Crippen molar-refractivity contribution in [2.45, 2.75) is 32.7 Å². The molecule has 0 aliphatic carbocycles. The van der Waals surface area contributed by atoms with Gasteiger partial charge in [0.2, 0.25) is 5.82 Å². The summed E-state index contributed by atoms with van der Waals surface area (Å²) in [5.74, 6) is 0.135. The largest absolute Gasteiger partial charge is 0.378 e. The second kappa shape index (κ2) is 4.08. The first-order valence-electron chi connectivity index (χ1n) is 4.55. The molecule has 0 saturated heterocycles. The van der Waals surface area contributed by atoms with Gasteiger partial charge in [0.05, 0.1) is 11.0 Å². The number of nitrogens with zero attached hydrogens (tertiary/aromatic N) is 3. The lowest BCUT2D eigenvalue weighted by Gasteiger charge is -2.11. The summed E-state index contributed by atoms with van der Waals surface area (Å²) in [6.07, 6.45) is 3.10. The highest BCUT2D eigenvalue weighted by Crippen LogP contribution is 2.24. The molecule has 6 nitrogen and oxygen atoms in total. The fourth-order valence-corrected chi connectivity index (χ4v) is 1.39. The molecular weight excluding hydrogens is 184 g/mol. The van der Waals surface area contributed by atoms with E-state index in [2.05, 4.69) is 5.10 Å². The van der Waals surface area contributed by atoms with E-state index in [9.17, 15) is 10.1 Å². The number of rotatable bonds is 4. The van der Waals surface area contributed by atoms with Gasteiger partial charge in [0, 0.05) is 0 Å². The maximum atomic E-state index is 10.5. The van der Waals surface area contributed by atoms with Gasteiger partial charge in [0.25, 0.3) is 0 Å². The van der Waals surface area contributed by atoms with Crippen LogP contribution in [0.1, 0.15) is 32.7 Å². The summed E-state index contributed by atoms with van der Waals surface area (Å²) in [5, 5.41) is 14.4. The second-order valence-electron chi connectivity index (χ2n) is 3.25. The predicted octanol–water partition coefficient (Wildman–Crippen LogP) is 1.73. The van der Waals surface area contributed by atoms with E-state index in [0.717, 1.165) is 12.8 Å². The first-order valence-corrected chi connectivity index (χ1v) is 4.55. The van der Waals surface area contributed by atoms with Crippen LogP contribution in [0.5, 0.6) is 0 Å². The number of hydrogen-bond donors (Lipinski definition) is 1. The Labute approximate surface area is 81.9 Å². The Morgan fingerprint density at radius 2 is 2.43 bits per heavy atom. The monoisotopic (exact) mass is 198 g/mol. The van der Waals surface area contributed by atoms with Crippen molar-refractivity contribution in [1.29, 1.82) is 0 Å². The molecule has 1 aromatic rings. The minimum Gasteiger partial charge on any atom is -0.378 e. The van der Waals surface area contributed by atoms with E-state index >= 15 is 0 Å². The van der Waals surface area contributed by atoms with Crippen LogP contribution in [0, 0.1) is 10.1 Å². The van der Waals surface area contributed by atoms with Gasteiger partial charge in [-0.25, -0.2) is 4.68 Å². The fourth-order valence-electron chi connectivity index (χ4n) is 1.39. The van der Waals surface area contributed by atoms with Gasteiger partial charge in [0.1, 0.15) is 6.20 Å². The predicted molar refractivity (Wildman–Crippen MR) is 52.9 cm³/mol. The molecule has 0 radical (unpaired) electrons. The molecule has 1 atom stereocenters. The van der Waals surface area contributed by atoms with Crippen LogP contribution in [-0.4, -0.2) is 14.7 Å². The Bertz CT molecular complexity index is 334. The molecule has 0 aliphatic heterocycles. The molecule has 0 amide bonds. The van der Waals surface area contributed by atoms with E-state index in [1.54, 1.807) is 0 Å². The lowest BCUT2D eigenvalue weighted by atomic mass is 10.2. The quantitative estimate of drug-likeness (QED) is 0.589. The molecule has 6 heteroatoms. The smallest absolute Gasteiger partial charge is 0.330 e. The van der Waals surface area contributed by atoms with E-state index < -0.39 is 4.92 Å². The summed E-state index contributed by atoms with van der Waals surface area (Å²) in [6, 6.07) is 0.105. The Morgan fingerprint density at radius 3 is 2.86 bits per heavy atom. The van der Waals surface area contributed by atoms with Crippen LogP contribution in [0.3, 0.4) is 0 Å². The van der Waals surface area contributed by atoms with Crippen LogP contribution in [0.4, 0.5) is 11.5 Å². The Hall–Kier alpha value is -1.59. The average molecular weight is 198 g/mol. The zero-order valence-electron chi connectivity index (χ0n) is 8.30. The third-order valence-corrected chi connectivity index (χ3v) is 2.13. The zero-order valence-corrected chi connectivity index (χ0v) is 8.30. The van der Waals surface area contributed by atoms with Crippen LogP contribution in [0.2, 0.25) is 0 Å². The van der Waals surface area contributed by atoms with Gasteiger partial charge < -0.3 is 5.73 Å². The lowest BCUT2D eigenvalue weighted by Crippen LogP contribution is -2.10. The third kappa shape index (κ3) is 1.84. The van der Waals surface area contributed by atoms with Crippen LogP contribution in [0.25, 0.3) is 0 Å². The van der Waals surface area contributed by atoms with Gasteiger partial charge in [-0.1, -0.05) is 13.3 Å². The number of nitro groups is 1. The van der Waals surface area contributed by atoms with Crippen molar-refractivity contribution >= 4 is 11.5 Å². The van der Waals surface area contributed by atoms with Crippen LogP contribution in [-0.2, 0) is 0 Å². The van der Waals surface area contributed by atoms with Gasteiger partial charge in [-0.15, -0.1) is 0 Å². The summed E-state index contributed by atoms with van der Waals surface area (Å²) in [4.78, 5) is 9.97. The van der Waals surface area contributed by atoms with Crippen LogP contribution < -0.4 is 5.73 Å². The van der Waals surface area contributed by atoms with Gasteiger partial charge in [-0.05, 0) is 13.3 Å². The number of nitrogens with two attached hydrogens (primary N) is 1.